The molecule has 210 valence electrons. The predicted octanol–water partition coefficient (Wildman–Crippen LogP) is 3.65. The third-order valence-corrected chi connectivity index (χ3v) is 7.15. The third kappa shape index (κ3) is 5.42. The van der Waals surface area contributed by atoms with Gasteiger partial charge in [0.05, 0.1) is 42.3 Å². The fourth-order valence-electron chi connectivity index (χ4n) is 5.02. The molecule has 0 radical (unpaired) electrons. The number of esters is 1. The van der Waals surface area contributed by atoms with Crippen molar-refractivity contribution in [3.05, 3.63) is 89.0 Å². The molecule has 0 fully saturated rings. The van der Waals surface area contributed by atoms with Crippen molar-refractivity contribution in [2.24, 2.45) is 0 Å². The van der Waals surface area contributed by atoms with E-state index >= 15 is 0 Å². The number of amides is 3. The maximum absolute atomic E-state index is 13.3. The molecule has 10 nitrogen and oxygen atoms in total. The van der Waals surface area contributed by atoms with Crippen LogP contribution in [0.5, 0.6) is 0 Å². The van der Waals surface area contributed by atoms with Gasteiger partial charge in [-0.25, -0.2) is 4.79 Å². The molecule has 0 aromatic heterocycles. The van der Waals surface area contributed by atoms with Gasteiger partial charge in [-0.3, -0.25) is 14.4 Å². The first-order valence-electron chi connectivity index (χ1n) is 13.1. The monoisotopic (exact) mass is 554 g/mol. The van der Waals surface area contributed by atoms with E-state index in [0.29, 0.717) is 45.0 Å². The van der Waals surface area contributed by atoms with Crippen LogP contribution < -0.4 is 15.5 Å². The van der Waals surface area contributed by atoms with E-state index in [1.165, 1.54) is 16.9 Å². The highest BCUT2D eigenvalue weighted by molar-refractivity contribution is 6.37. The van der Waals surface area contributed by atoms with Gasteiger partial charge in [0.15, 0.2) is 0 Å². The minimum absolute atomic E-state index is 0.0413. The average molecular weight is 555 g/mol. The molecule has 3 N–H and O–H groups in total. The average Bonchev–Trinajstić information content (AvgIpc) is 3.49. The van der Waals surface area contributed by atoms with Crippen LogP contribution in [0.15, 0.2) is 66.7 Å². The lowest BCUT2D eigenvalue weighted by Crippen LogP contribution is -2.31. The van der Waals surface area contributed by atoms with Gasteiger partial charge in [-0.2, -0.15) is 0 Å². The van der Waals surface area contributed by atoms with Crippen molar-refractivity contribution in [1.82, 2.24) is 4.90 Å². The Morgan fingerprint density at radius 2 is 1.78 bits per heavy atom. The van der Waals surface area contributed by atoms with Crippen LogP contribution in [0.2, 0.25) is 0 Å². The Bertz CT molecular complexity index is 1580. The summed E-state index contributed by atoms with van der Waals surface area (Å²) >= 11 is 0. The van der Waals surface area contributed by atoms with Gasteiger partial charge in [-0.05, 0) is 35.9 Å². The minimum atomic E-state index is -0.902. The first-order valence-corrected chi connectivity index (χ1v) is 13.1. The quantitative estimate of drug-likeness (QED) is 0.300. The summed E-state index contributed by atoms with van der Waals surface area (Å²) in [6.45, 7) is 0.0959. The predicted molar refractivity (Wildman–Crippen MR) is 155 cm³/mol. The highest BCUT2D eigenvalue weighted by Crippen LogP contribution is 2.40. The standard InChI is InChI=1S/C31H30N4O6/c1-34(2)26(37)13-14-27(38)35-17-25(36)22-16-20(10-12-24(22)35)32-29(18-7-5-4-6-8-18)28-21-11-9-19(31(40)41-3)15-23(21)33-30(28)39/h4-12,15-16,25,32,36H,13-14,17H2,1-3H3,(H,33,39)/b29-28-. The number of nitrogens with zero attached hydrogens (tertiary/aromatic N) is 2. The van der Waals surface area contributed by atoms with Crippen LogP contribution in [0, 0.1) is 0 Å². The molecule has 3 aromatic rings. The number of anilines is 3. The number of hydrogen-bond donors (Lipinski definition) is 3. The summed E-state index contributed by atoms with van der Waals surface area (Å²) in [4.78, 5) is 53.1. The number of ether oxygens (including phenoxy) is 1. The van der Waals surface area contributed by atoms with E-state index in [1.54, 1.807) is 50.5 Å². The summed E-state index contributed by atoms with van der Waals surface area (Å²) in [6, 6.07) is 19.5. The number of aliphatic hydroxyl groups excluding tert-OH is 1. The Kier molecular flexibility index (Phi) is 7.58. The molecule has 5 rings (SSSR count). The molecule has 3 amide bonds. The van der Waals surface area contributed by atoms with Crippen LogP contribution in [0.25, 0.3) is 11.3 Å². The fourth-order valence-corrected chi connectivity index (χ4v) is 5.02. The van der Waals surface area contributed by atoms with Crippen LogP contribution in [0.3, 0.4) is 0 Å². The second-order valence-electron chi connectivity index (χ2n) is 10.0. The number of β-amino-alcohol motifs (C(OH)–C–C–N with tert-alkyl or cyclic N) is 1. The molecular formula is C31H30N4O6. The lowest BCUT2D eigenvalue weighted by Gasteiger charge is -2.19. The zero-order valence-corrected chi connectivity index (χ0v) is 22.9. The minimum Gasteiger partial charge on any atom is -0.465 e. The number of benzene rings is 3. The van der Waals surface area contributed by atoms with Crippen molar-refractivity contribution in [2.75, 3.05) is 43.3 Å². The van der Waals surface area contributed by atoms with E-state index in [2.05, 4.69) is 10.6 Å². The molecule has 0 spiro atoms. The van der Waals surface area contributed by atoms with Crippen LogP contribution in [-0.4, -0.2) is 61.4 Å². The van der Waals surface area contributed by atoms with Crippen molar-refractivity contribution in [3.63, 3.8) is 0 Å². The van der Waals surface area contributed by atoms with Gasteiger partial charge >= 0.3 is 5.97 Å². The largest absolute Gasteiger partial charge is 0.465 e. The molecule has 41 heavy (non-hydrogen) atoms. The summed E-state index contributed by atoms with van der Waals surface area (Å²) in [5, 5.41) is 17.0. The van der Waals surface area contributed by atoms with E-state index in [4.69, 9.17) is 4.74 Å². The lowest BCUT2D eigenvalue weighted by molar-refractivity contribution is -0.131. The Balaban J connectivity index is 1.49. The summed E-state index contributed by atoms with van der Waals surface area (Å²) in [6.07, 6.45) is -0.772. The Morgan fingerprint density at radius 3 is 2.49 bits per heavy atom. The maximum Gasteiger partial charge on any atom is 0.337 e. The van der Waals surface area contributed by atoms with E-state index < -0.39 is 12.1 Å². The van der Waals surface area contributed by atoms with Crippen molar-refractivity contribution in [3.8, 4) is 0 Å². The van der Waals surface area contributed by atoms with E-state index in [0.717, 1.165) is 5.56 Å². The number of methoxy groups -OCH3 is 1. The molecule has 10 heteroatoms. The van der Waals surface area contributed by atoms with Gasteiger partial charge in [0.25, 0.3) is 5.91 Å². The zero-order valence-electron chi connectivity index (χ0n) is 22.9. The highest BCUT2D eigenvalue weighted by Gasteiger charge is 2.33. The topological polar surface area (TPSA) is 128 Å². The molecule has 0 aliphatic carbocycles. The lowest BCUT2D eigenvalue weighted by atomic mass is 9.98. The molecule has 0 saturated carbocycles. The molecule has 3 aromatic carbocycles. The second-order valence-corrected chi connectivity index (χ2v) is 10.0. The van der Waals surface area contributed by atoms with Crippen LogP contribution in [0.1, 0.15) is 46.0 Å². The number of rotatable bonds is 7. The van der Waals surface area contributed by atoms with Crippen molar-refractivity contribution in [1.29, 1.82) is 0 Å². The molecular weight excluding hydrogens is 524 g/mol. The molecule has 0 saturated heterocycles. The van der Waals surface area contributed by atoms with Gasteiger partial charge in [-0.1, -0.05) is 36.4 Å². The second kappa shape index (κ2) is 11.3. The highest BCUT2D eigenvalue weighted by atomic mass is 16.5. The summed E-state index contributed by atoms with van der Waals surface area (Å²) in [5.74, 6) is -1.22. The number of nitrogens with one attached hydrogen (secondary N) is 2. The zero-order chi connectivity index (χ0) is 29.3. The number of aliphatic hydroxyl groups is 1. The SMILES string of the molecule is COC(=O)c1ccc2c(c1)NC(=O)/C2=C(\Nc1ccc2c(c1)C(O)CN2C(=O)CCC(=O)N(C)C)c1ccccc1. The number of fused-ring (bicyclic) bond motifs is 2. The number of carbonyl (C=O) groups excluding carboxylic acids is 4. The Labute approximate surface area is 237 Å². The van der Waals surface area contributed by atoms with E-state index in [1.807, 2.05) is 30.3 Å². The molecule has 1 unspecified atom stereocenters. The molecule has 1 atom stereocenters. The summed E-state index contributed by atoms with van der Waals surface area (Å²) in [7, 11) is 4.58. The van der Waals surface area contributed by atoms with Gasteiger partial charge < -0.3 is 30.3 Å². The van der Waals surface area contributed by atoms with Crippen molar-refractivity contribution < 1.29 is 29.0 Å². The van der Waals surface area contributed by atoms with Crippen molar-refractivity contribution in [2.45, 2.75) is 18.9 Å². The first kappa shape index (κ1) is 27.6. The number of carbonyl (C=O) groups is 4. The summed E-state index contributed by atoms with van der Waals surface area (Å²) in [5.41, 5.74) is 4.89. The molecule has 0 bridgehead atoms. The smallest absolute Gasteiger partial charge is 0.337 e. The summed E-state index contributed by atoms with van der Waals surface area (Å²) < 4.78 is 4.81. The third-order valence-electron chi connectivity index (χ3n) is 7.15. The van der Waals surface area contributed by atoms with E-state index in [-0.39, 0.29) is 37.1 Å². The maximum atomic E-state index is 13.3. The number of hydrogen-bond acceptors (Lipinski definition) is 7. The Morgan fingerprint density at radius 1 is 1.02 bits per heavy atom. The Hall–Kier alpha value is -4.96. The van der Waals surface area contributed by atoms with Gasteiger partial charge in [-0.15, -0.1) is 0 Å². The van der Waals surface area contributed by atoms with Gasteiger partial charge in [0.2, 0.25) is 11.8 Å². The van der Waals surface area contributed by atoms with Crippen LogP contribution in [0.4, 0.5) is 17.1 Å². The fraction of sp³-hybridized carbons (Fsp3) is 0.226. The molecule has 2 aliphatic heterocycles. The first-order chi connectivity index (χ1) is 19.7. The molecule has 2 aliphatic rings. The normalized spacial score (nSPS) is 16.4. The van der Waals surface area contributed by atoms with E-state index in [9.17, 15) is 24.3 Å². The van der Waals surface area contributed by atoms with Gasteiger partial charge in [0, 0.05) is 49.4 Å². The van der Waals surface area contributed by atoms with Gasteiger partial charge in [0.1, 0.15) is 0 Å². The van der Waals surface area contributed by atoms with Crippen LogP contribution in [-0.2, 0) is 19.1 Å². The van der Waals surface area contributed by atoms with Crippen molar-refractivity contribution >= 4 is 52.0 Å². The van der Waals surface area contributed by atoms with Crippen LogP contribution >= 0.6 is 0 Å². The molecule has 2 heterocycles.